The highest BCUT2D eigenvalue weighted by molar-refractivity contribution is 6.35. The van der Waals surface area contributed by atoms with Crippen LogP contribution in [0.25, 0.3) is 0 Å². The van der Waals surface area contributed by atoms with E-state index >= 15 is 0 Å². The van der Waals surface area contributed by atoms with E-state index in [4.69, 9.17) is 4.74 Å². The molecular formula is C17H28N2O3. The van der Waals surface area contributed by atoms with Crippen LogP contribution in [0.15, 0.2) is 0 Å². The molecule has 0 N–H and O–H groups in total. The first kappa shape index (κ1) is 15.8. The lowest BCUT2D eigenvalue weighted by atomic mass is 9.78. The summed E-state index contributed by atoms with van der Waals surface area (Å²) in [6, 6.07) is 0.301. The van der Waals surface area contributed by atoms with Gasteiger partial charge in [0.25, 0.3) is 0 Å². The molecule has 4 atom stereocenters. The number of likely N-dealkylation sites (tertiary alicyclic amines) is 1. The average molecular weight is 308 g/mol. The van der Waals surface area contributed by atoms with Gasteiger partial charge in [-0.3, -0.25) is 9.59 Å². The number of hydrogen-bond donors (Lipinski definition) is 0. The zero-order valence-corrected chi connectivity index (χ0v) is 13.8. The van der Waals surface area contributed by atoms with Crippen LogP contribution in [0, 0.1) is 5.92 Å². The molecule has 22 heavy (non-hydrogen) atoms. The van der Waals surface area contributed by atoms with Crippen LogP contribution in [0.2, 0.25) is 0 Å². The van der Waals surface area contributed by atoms with E-state index in [1.165, 1.54) is 25.7 Å². The third-order valence-electron chi connectivity index (χ3n) is 5.39. The van der Waals surface area contributed by atoms with Gasteiger partial charge < -0.3 is 14.5 Å². The summed E-state index contributed by atoms with van der Waals surface area (Å²) in [5, 5.41) is 0. The van der Waals surface area contributed by atoms with Gasteiger partial charge in [-0.25, -0.2) is 0 Å². The molecule has 2 aliphatic heterocycles. The van der Waals surface area contributed by atoms with Crippen LogP contribution >= 0.6 is 0 Å². The summed E-state index contributed by atoms with van der Waals surface area (Å²) in [5.41, 5.74) is 0. The Kier molecular flexibility index (Phi) is 4.71. The van der Waals surface area contributed by atoms with Gasteiger partial charge in [0.2, 0.25) is 0 Å². The van der Waals surface area contributed by atoms with E-state index in [1.54, 1.807) is 4.90 Å². The van der Waals surface area contributed by atoms with Crippen molar-refractivity contribution in [2.75, 3.05) is 19.6 Å². The molecule has 2 amide bonds. The molecule has 1 saturated carbocycles. The minimum Gasteiger partial charge on any atom is -0.372 e. The van der Waals surface area contributed by atoms with Crippen molar-refractivity contribution in [1.29, 1.82) is 0 Å². The van der Waals surface area contributed by atoms with Crippen molar-refractivity contribution >= 4 is 11.8 Å². The number of carbonyl (C=O) groups excluding carboxylic acids is 2. The summed E-state index contributed by atoms with van der Waals surface area (Å²) in [6.45, 7) is 5.71. The average Bonchev–Trinajstić information content (AvgIpc) is 2.52. The van der Waals surface area contributed by atoms with Crippen molar-refractivity contribution < 1.29 is 14.3 Å². The molecule has 2 saturated heterocycles. The second-order valence-corrected chi connectivity index (χ2v) is 7.22. The van der Waals surface area contributed by atoms with E-state index in [0.29, 0.717) is 25.0 Å². The molecule has 0 aromatic heterocycles. The second kappa shape index (κ2) is 6.57. The quantitative estimate of drug-likeness (QED) is 0.641. The molecule has 0 aromatic carbocycles. The predicted molar refractivity (Wildman–Crippen MR) is 83.3 cm³/mol. The van der Waals surface area contributed by atoms with Crippen LogP contribution in [0.1, 0.15) is 52.4 Å². The Balaban J connectivity index is 1.68. The molecule has 3 aliphatic rings. The Morgan fingerprint density at radius 1 is 0.909 bits per heavy atom. The number of hydrogen-bond acceptors (Lipinski definition) is 3. The number of fused-ring (bicyclic) bond motifs is 1. The van der Waals surface area contributed by atoms with Crippen molar-refractivity contribution in [3.63, 3.8) is 0 Å². The van der Waals surface area contributed by atoms with Crippen molar-refractivity contribution in [2.24, 2.45) is 5.92 Å². The monoisotopic (exact) mass is 308 g/mol. The van der Waals surface area contributed by atoms with E-state index in [0.717, 1.165) is 19.4 Å². The highest BCUT2D eigenvalue weighted by atomic mass is 16.5. The van der Waals surface area contributed by atoms with Crippen molar-refractivity contribution in [3.8, 4) is 0 Å². The molecule has 2 heterocycles. The molecular weight excluding hydrogens is 280 g/mol. The van der Waals surface area contributed by atoms with Gasteiger partial charge in [0.1, 0.15) is 0 Å². The number of nitrogens with zero attached hydrogens (tertiary/aromatic N) is 2. The fourth-order valence-electron chi connectivity index (χ4n) is 4.48. The SMILES string of the molecule is CC1CN(C(=O)C(=O)N2CCCC3CCCCC32)C[C@@H](C)O1. The maximum absolute atomic E-state index is 12.8. The van der Waals surface area contributed by atoms with Crippen LogP contribution in [0.4, 0.5) is 0 Å². The molecule has 0 radical (unpaired) electrons. The molecule has 5 nitrogen and oxygen atoms in total. The van der Waals surface area contributed by atoms with Gasteiger partial charge in [-0.05, 0) is 45.4 Å². The Bertz CT molecular complexity index is 428. The Labute approximate surface area is 133 Å². The summed E-state index contributed by atoms with van der Waals surface area (Å²) in [5.74, 6) is 0.00732. The number of rotatable bonds is 0. The Hall–Kier alpha value is -1.10. The molecule has 0 aromatic rings. The molecule has 1 aliphatic carbocycles. The number of ether oxygens (including phenoxy) is 1. The van der Waals surface area contributed by atoms with Crippen LogP contribution in [0.3, 0.4) is 0 Å². The van der Waals surface area contributed by atoms with Gasteiger partial charge in [-0.15, -0.1) is 0 Å². The highest BCUT2D eigenvalue weighted by Gasteiger charge is 2.40. The first-order chi connectivity index (χ1) is 10.6. The topological polar surface area (TPSA) is 49.9 Å². The molecule has 0 spiro atoms. The normalized spacial score (nSPS) is 35.9. The van der Waals surface area contributed by atoms with Crippen molar-refractivity contribution in [3.05, 3.63) is 0 Å². The number of amides is 2. The fourth-order valence-corrected chi connectivity index (χ4v) is 4.48. The minimum atomic E-state index is -0.326. The highest BCUT2D eigenvalue weighted by Crippen LogP contribution is 2.35. The maximum Gasteiger partial charge on any atom is 0.312 e. The first-order valence-corrected chi connectivity index (χ1v) is 8.81. The maximum atomic E-state index is 12.8. The molecule has 3 unspecified atom stereocenters. The van der Waals surface area contributed by atoms with Gasteiger partial charge in [0.15, 0.2) is 0 Å². The van der Waals surface area contributed by atoms with Gasteiger partial charge in [-0.2, -0.15) is 0 Å². The Morgan fingerprint density at radius 2 is 1.55 bits per heavy atom. The summed E-state index contributed by atoms with van der Waals surface area (Å²) in [7, 11) is 0. The molecule has 0 bridgehead atoms. The van der Waals surface area contributed by atoms with Crippen molar-refractivity contribution in [2.45, 2.75) is 70.6 Å². The lowest BCUT2D eigenvalue weighted by Crippen LogP contribution is -2.57. The van der Waals surface area contributed by atoms with E-state index < -0.39 is 0 Å². The number of morpholine rings is 1. The van der Waals surface area contributed by atoms with E-state index in [9.17, 15) is 9.59 Å². The standard InChI is InChI=1S/C17H28N2O3/c1-12-10-18(11-13(2)22-12)16(20)17(21)19-9-5-7-14-6-3-4-8-15(14)19/h12-15H,3-11H2,1-2H3/t12-,13?,14?,15?/m1/s1. The number of carbonyl (C=O) groups is 2. The zero-order valence-electron chi connectivity index (χ0n) is 13.8. The van der Waals surface area contributed by atoms with Crippen LogP contribution in [-0.4, -0.2) is 59.5 Å². The summed E-state index contributed by atoms with van der Waals surface area (Å²) >= 11 is 0. The fraction of sp³-hybridized carbons (Fsp3) is 0.882. The minimum absolute atomic E-state index is 0.00397. The molecule has 5 heteroatoms. The van der Waals surface area contributed by atoms with E-state index in [2.05, 4.69) is 0 Å². The van der Waals surface area contributed by atoms with Crippen LogP contribution < -0.4 is 0 Å². The first-order valence-electron chi connectivity index (χ1n) is 8.81. The van der Waals surface area contributed by atoms with E-state index in [1.807, 2.05) is 18.7 Å². The molecule has 124 valence electrons. The lowest BCUT2D eigenvalue weighted by molar-refractivity contribution is -0.161. The lowest BCUT2D eigenvalue weighted by Gasteiger charge is -2.44. The van der Waals surface area contributed by atoms with Crippen molar-refractivity contribution in [1.82, 2.24) is 9.80 Å². The van der Waals surface area contributed by atoms with Gasteiger partial charge in [0.05, 0.1) is 12.2 Å². The van der Waals surface area contributed by atoms with Gasteiger partial charge in [0, 0.05) is 25.7 Å². The van der Waals surface area contributed by atoms with Gasteiger partial charge >= 0.3 is 11.8 Å². The van der Waals surface area contributed by atoms with Crippen LogP contribution in [-0.2, 0) is 14.3 Å². The van der Waals surface area contributed by atoms with Gasteiger partial charge in [-0.1, -0.05) is 12.8 Å². The predicted octanol–water partition coefficient (Wildman–Crippen LogP) is 1.80. The third kappa shape index (κ3) is 3.14. The molecule has 3 rings (SSSR count). The summed E-state index contributed by atoms with van der Waals surface area (Å²) < 4.78 is 5.66. The second-order valence-electron chi connectivity index (χ2n) is 7.22. The van der Waals surface area contributed by atoms with Crippen LogP contribution in [0.5, 0.6) is 0 Å². The van der Waals surface area contributed by atoms with E-state index in [-0.39, 0.29) is 24.0 Å². The largest absolute Gasteiger partial charge is 0.372 e. The summed E-state index contributed by atoms with van der Waals surface area (Å²) in [6.07, 6.45) is 7.01. The third-order valence-corrected chi connectivity index (χ3v) is 5.39. The smallest absolute Gasteiger partial charge is 0.312 e. The Morgan fingerprint density at radius 3 is 2.27 bits per heavy atom. The molecule has 3 fully saturated rings. The summed E-state index contributed by atoms with van der Waals surface area (Å²) in [4.78, 5) is 29.0. The zero-order chi connectivity index (χ0) is 15.7. The number of piperidine rings is 1.